The Morgan fingerprint density at radius 1 is 1.15 bits per heavy atom. The van der Waals surface area contributed by atoms with Crippen molar-refractivity contribution in [3.8, 4) is 5.75 Å². The molecule has 5 nitrogen and oxygen atoms in total. The van der Waals surface area contributed by atoms with E-state index in [1.54, 1.807) is 0 Å². The van der Waals surface area contributed by atoms with Crippen LogP contribution in [-0.4, -0.2) is 12.5 Å². The van der Waals surface area contributed by atoms with Crippen molar-refractivity contribution >= 4 is 16.9 Å². The van der Waals surface area contributed by atoms with Gasteiger partial charge in [-0.2, -0.15) is 0 Å². The summed E-state index contributed by atoms with van der Waals surface area (Å²) in [5.41, 5.74) is 8.69. The van der Waals surface area contributed by atoms with E-state index in [1.165, 1.54) is 0 Å². The van der Waals surface area contributed by atoms with Gasteiger partial charge in [0, 0.05) is 5.56 Å². The second-order valence-corrected chi connectivity index (χ2v) is 8.06. The highest BCUT2D eigenvalue weighted by molar-refractivity contribution is 5.91. The van der Waals surface area contributed by atoms with Crippen LogP contribution in [0.2, 0.25) is 0 Å². The lowest BCUT2D eigenvalue weighted by molar-refractivity contribution is -0.140. The molecule has 0 radical (unpaired) electrons. The van der Waals surface area contributed by atoms with Gasteiger partial charge < -0.3 is 14.9 Å². The van der Waals surface area contributed by atoms with Crippen molar-refractivity contribution in [2.45, 2.75) is 58.3 Å². The van der Waals surface area contributed by atoms with Crippen LogP contribution in [0.15, 0.2) is 21.3 Å². The van der Waals surface area contributed by atoms with Crippen molar-refractivity contribution < 1.29 is 13.9 Å². The lowest BCUT2D eigenvalue weighted by Crippen LogP contribution is -2.28. The summed E-state index contributed by atoms with van der Waals surface area (Å²) in [7, 11) is 0. The molecule has 1 aromatic carbocycles. The fourth-order valence-electron chi connectivity index (χ4n) is 4.57. The summed E-state index contributed by atoms with van der Waals surface area (Å²) in [6, 6.07) is 3.75. The van der Waals surface area contributed by atoms with E-state index >= 15 is 0 Å². The minimum Gasteiger partial charge on any atom is -0.426 e. The zero-order valence-electron chi connectivity index (χ0n) is 15.9. The topological polar surface area (TPSA) is 82.5 Å². The SMILES string of the molecule is Cc1cc(OC(=O)C2CCC(CN)CC2)c2c3c(c(=O)oc2c1)CCCC3. The van der Waals surface area contributed by atoms with Gasteiger partial charge in [0.05, 0.1) is 11.3 Å². The lowest BCUT2D eigenvalue weighted by Gasteiger charge is -2.26. The van der Waals surface area contributed by atoms with Crippen LogP contribution >= 0.6 is 0 Å². The van der Waals surface area contributed by atoms with Crippen LogP contribution < -0.4 is 16.1 Å². The number of carbonyl (C=O) groups is 1. The first-order chi connectivity index (χ1) is 13.1. The van der Waals surface area contributed by atoms with Crippen LogP contribution in [0.4, 0.5) is 0 Å². The molecule has 1 fully saturated rings. The van der Waals surface area contributed by atoms with Crippen LogP contribution in [0.1, 0.15) is 55.2 Å². The van der Waals surface area contributed by atoms with Gasteiger partial charge in [-0.3, -0.25) is 4.79 Å². The molecule has 1 saturated carbocycles. The Labute approximate surface area is 158 Å². The molecule has 5 heteroatoms. The third kappa shape index (κ3) is 3.53. The molecule has 4 rings (SSSR count). The van der Waals surface area contributed by atoms with E-state index in [1.807, 2.05) is 19.1 Å². The summed E-state index contributed by atoms with van der Waals surface area (Å²) in [6.45, 7) is 2.61. The van der Waals surface area contributed by atoms with Gasteiger partial charge in [-0.1, -0.05) is 0 Å². The fourth-order valence-corrected chi connectivity index (χ4v) is 4.57. The van der Waals surface area contributed by atoms with E-state index in [9.17, 15) is 9.59 Å². The third-order valence-corrected chi connectivity index (χ3v) is 6.15. The molecule has 2 aromatic rings. The Balaban J connectivity index is 1.69. The van der Waals surface area contributed by atoms with Crippen molar-refractivity contribution in [3.05, 3.63) is 39.2 Å². The van der Waals surface area contributed by atoms with Gasteiger partial charge in [0.25, 0.3) is 0 Å². The summed E-state index contributed by atoms with van der Waals surface area (Å²) in [6.07, 6.45) is 7.22. The van der Waals surface area contributed by atoms with Gasteiger partial charge in [-0.15, -0.1) is 0 Å². The minimum atomic E-state index is -0.250. The summed E-state index contributed by atoms with van der Waals surface area (Å²) in [4.78, 5) is 25.2. The third-order valence-electron chi connectivity index (χ3n) is 6.15. The molecule has 0 atom stereocenters. The van der Waals surface area contributed by atoms with Gasteiger partial charge >= 0.3 is 11.6 Å². The van der Waals surface area contributed by atoms with E-state index in [2.05, 4.69) is 0 Å². The first kappa shape index (κ1) is 18.2. The highest BCUT2D eigenvalue weighted by atomic mass is 16.5. The van der Waals surface area contributed by atoms with Gasteiger partial charge in [0.15, 0.2) is 0 Å². The van der Waals surface area contributed by atoms with Crippen molar-refractivity contribution in [2.24, 2.45) is 17.6 Å². The van der Waals surface area contributed by atoms with Crippen LogP contribution in [-0.2, 0) is 17.6 Å². The van der Waals surface area contributed by atoms with E-state index in [4.69, 9.17) is 14.9 Å². The van der Waals surface area contributed by atoms with Crippen LogP contribution in [0.5, 0.6) is 5.75 Å². The second-order valence-electron chi connectivity index (χ2n) is 8.06. The maximum absolute atomic E-state index is 12.8. The molecule has 0 aliphatic heterocycles. The lowest BCUT2D eigenvalue weighted by atomic mass is 9.82. The van der Waals surface area contributed by atoms with E-state index in [-0.39, 0.29) is 17.5 Å². The number of benzene rings is 1. The molecule has 2 aliphatic rings. The average molecular weight is 369 g/mol. The van der Waals surface area contributed by atoms with Crippen LogP contribution in [0.3, 0.4) is 0 Å². The Hall–Kier alpha value is -2.14. The number of carbonyl (C=O) groups excluding carboxylic acids is 1. The average Bonchev–Trinajstić information content (AvgIpc) is 2.67. The molecule has 27 heavy (non-hydrogen) atoms. The monoisotopic (exact) mass is 369 g/mol. The molecule has 144 valence electrons. The molecule has 0 spiro atoms. The number of fused-ring (bicyclic) bond motifs is 3. The van der Waals surface area contributed by atoms with Gasteiger partial charge in [-0.25, -0.2) is 4.79 Å². The summed E-state index contributed by atoms with van der Waals surface area (Å²) in [5.74, 6) is 0.816. The fraction of sp³-hybridized carbons (Fsp3) is 0.545. The van der Waals surface area contributed by atoms with Gasteiger partial charge in [0.2, 0.25) is 0 Å². The van der Waals surface area contributed by atoms with E-state index in [0.29, 0.717) is 23.8 Å². The number of hydrogen-bond donors (Lipinski definition) is 1. The summed E-state index contributed by atoms with van der Waals surface area (Å²) >= 11 is 0. The molecule has 2 aliphatic carbocycles. The standard InChI is InChI=1S/C22H27NO4/c1-13-10-18(26-21(24)15-8-6-14(12-23)7-9-15)20-16-4-2-3-5-17(16)22(25)27-19(20)11-13/h10-11,14-15H,2-9,12,23H2,1H3. The smallest absolute Gasteiger partial charge is 0.339 e. The highest BCUT2D eigenvalue weighted by Crippen LogP contribution is 2.36. The summed E-state index contributed by atoms with van der Waals surface area (Å²) in [5, 5.41) is 0.805. The molecule has 1 heterocycles. The number of aryl methyl sites for hydroxylation is 2. The largest absolute Gasteiger partial charge is 0.426 e. The number of rotatable bonds is 3. The van der Waals surface area contributed by atoms with Gasteiger partial charge in [0.1, 0.15) is 11.3 Å². The van der Waals surface area contributed by atoms with Crippen molar-refractivity contribution in [2.75, 3.05) is 6.54 Å². The number of esters is 1. The first-order valence-electron chi connectivity index (χ1n) is 10.1. The summed E-state index contributed by atoms with van der Waals surface area (Å²) < 4.78 is 11.5. The van der Waals surface area contributed by atoms with Crippen LogP contribution in [0.25, 0.3) is 11.0 Å². The normalized spacial score (nSPS) is 22.4. The van der Waals surface area contributed by atoms with Crippen molar-refractivity contribution in [1.29, 1.82) is 0 Å². The quantitative estimate of drug-likeness (QED) is 0.507. The molecule has 1 aromatic heterocycles. The van der Waals surface area contributed by atoms with Crippen LogP contribution in [0, 0.1) is 18.8 Å². The minimum absolute atomic E-state index is 0.0742. The Kier molecular flexibility index (Phi) is 5.04. The van der Waals surface area contributed by atoms with Crippen molar-refractivity contribution in [3.63, 3.8) is 0 Å². The molecule has 2 N–H and O–H groups in total. The van der Waals surface area contributed by atoms with Gasteiger partial charge in [-0.05, 0) is 94.0 Å². The Morgan fingerprint density at radius 3 is 2.56 bits per heavy atom. The molecule has 0 bridgehead atoms. The highest BCUT2D eigenvalue weighted by Gasteiger charge is 2.28. The second kappa shape index (κ2) is 7.47. The number of hydrogen-bond acceptors (Lipinski definition) is 5. The van der Waals surface area contributed by atoms with E-state index in [0.717, 1.165) is 73.4 Å². The van der Waals surface area contributed by atoms with E-state index < -0.39 is 0 Å². The molecular weight excluding hydrogens is 342 g/mol. The predicted octanol–water partition coefficient (Wildman–Crippen LogP) is 3.65. The molecule has 0 amide bonds. The molecule has 0 unspecified atom stereocenters. The molecular formula is C22H27NO4. The molecule has 0 saturated heterocycles. The number of nitrogens with two attached hydrogens (primary N) is 1. The predicted molar refractivity (Wildman–Crippen MR) is 104 cm³/mol. The van der Waals surface area contributed by atoms with Crippen molar-refractivity contribution in [1.82, 2.24) is 0 Å². The maximum atomic E-state index is 12.8. The maximum Gasteiger partial charge on any atom is 0.339 e. The first-order valence-corrected chi connectivity index (χ1v) is 10.1. The number of ether oxygens (including phenoxy) is 1. The zero-order valence-corrected chi connectivity index (χ0v) is 15.9. The Morgan fingerprint density at radius 2 is 1.85 bits per heavy atom. The zero-order chi connectivity index (χ0) is 19.0. The Bertz CT molecular complexity index is 922.